The second-order valence-corrected chi connectivity index (χ2v) is 3.01. The van der Waals surface area contributed by atoms with E-state index >= 15 is 0 Å². The van der Waals surface area contributed by atoms with Gasteiger partial charge in [0.05, 0.1) is 0 Å². The predicted molar refractivity (Wildman–Crippen MR) is 53.7 cm³/mol. The number of hydrogen-bond donors (Lipinski definition) is 3. The molecule has 0 aliphatic heterocycles. The van der Waals surface area contributed by atoms with E-state index in [4.69, 9.17) is 0 Å². The Labute approximate surface area is 76.3 Å². The van der Waals surface area contributed by atoms with Crippen LogP contribution in [0.25, 0.3) is 0 Å². The van der Waals surface area contributed by atoms with Gasteiger partial charge in [0.15, 0.2) is 0 Å². The molecule has 3 heteroatoms. The summed E-state index contributed by atoms with van der Waals surface area (Å²) in [6, 6.07) is 0.505. The van der Waals surface area contributed by atoms with Crippen LogP contribution in [0.3, 0.4) is 0 Å². The first-order valence-electron chi connectivity index (χ1n) is 4.60. The van der Waals surface area contributed by atoms with Gasteiger partial charge in [-0.2, -0.15) is 0 Å². The van der Waals surface area contributed by atoms with Gasteiger partial charge < -0.3 is 5.32 Å². The largest absolute Gasteiger partial charge is 0.317 e. The molecule has 2 unspecified atom stereocenters. The molecule has 1 radical (unpaired) electrons. The maximum atomic E-state index is 3.26. The molecule has 12 heavy (non-hydrogen) atoms. The Kier molecular flexibility index (Phi) is 6.34. The molecule has 0 fully saturated rings. The lowest BCUT2D eigenvalue weighted by molar-refractivity contribution is 0.346. The first-order valence-corrected chi connectivity index (χ1v) is 4.60. The Morgan fingerprint density at radius 2 is 1.67 bits per heavy atom. The van der Waals surface area contributed by atoms with E-state index in [-0.39, 0.29) is 0 Å². The van der Waals surface area contributed by atoms with E-state index in [1.54, 1.807) is 0 Å². The molecule has 3 nitrogen and oxygen atoms in total. The monoisotopic (exact) mass is 172 g/mol. The van der Waals surface area contributed by atoms with Crippen molar-refractivity contribution >= 4 is 0 Å². The Bertz CT molecular complexity index is 102. The zero-order valence-electron chi connectivity index (χ0n) is 8.86. The van der Waals surface area contributed by atoms with Crippen molar-refractivity contribution in [3.63, 3.8) is 0 Å². The lowest BCUT2D eigenvalue weighted by atomic mass is 9.95. The average Bonchev–Trinajstić information content (AvgIpc) is 2.12. The maximum Gasteiger partial charge on any atom is 0.105 e. The van der Waals surface area contributed by atoms with Crippen LogP contribution < -0.4 is 16.0 Å². The van der Waals surface area contributed by atoms with Crippen molar-refractivity contribution < 1.29 is 0 Å². The van der Waals surface area contributed by atoms with Gasteiger partial charge in [0.25, 0.3) is 0 Å². The molecule has 0 amide bonds. The third-order valence-electron chi connectivity index (χ3n) is 2.41. The molecule has 73 valence electrons. The van der Waals surface area contributed by atoms with Gasteiger partial charge >= 0.3 is 0 Å². The molecule has 0 heterocycles. The topological polar surface area (TPSA) is 36.1 Å². The molecule has 0 spiro atoms. The van der Waals surface area contributed by atoms with Crippen molar-refractivity contribution in [2.75, 3.05) is 21.1 Å². The van der Waals surface area contributed by atoms with E-state index < -0.39 is 0 Å². The SMILES string of the molecule is CCC([C](NC)NC)C(C)NC. The third kappa shape index (κ3) is 3.09. The van der Waals surface area contributed by atoms with Gasteiger partial charge in [-0.3, -0.25) is 10.6 Å². The first kappa shape index (κ1) is 11.9. The zero-order chi connectivity index (χ0) is 9.56. The lowest BCUT2D eigenvalue weighted by Crippen LogP contribution is -2.44. The van der Waals surface area contributed by atoms with E-state index in [0.717, 1.165) is 6.42 Å². The second-order valence-electron chi connectivity index (χ2n) is 3.01. The fourth-order valence-corrected chi connectivity index (χ4v) is 1.50. The first-order chi connectivity index (χ1) is 5.71. The van der Waals surface area contributed by atoms with Crippen molar-refractivity contribution in [3.05, 3.63) is 6.17 Å². The minimum Gasteiger partial charge on any atom is -0.317 e. The maximum absolute atomic E-state index is 3.26. The summed E-state index contributed by atoms with van der Waals surface area (Å²) in [4.78, 5) is 0. The van der Waals surface area contributed by atoms with E-state index in [2.05, 4.69) is 29.8 Å². The highest BCUT2D eigenvalue weighted by Crippen LogP contribution is 2.16. The van der Waals surface area contributed by atoms with Gasteiger partial charge in [0.1, 0.15) is 6.17 Å². The van der Waals surface area contributed by atoms with Crippen LogP contribution in [0.4, 0.5) is 0 Å². The summed E-state index contributed by atoms with van der Waals surface area (Å²) in [7, 11) is 5.91. The summed E-state index contributed by atoms with van der Waals surface area (Å²) < 4.78 is 0. The standard InChI is InChI=1S/C9H22N3/c1-6-8(7(2)10-3)9(11-4)12-5/h7-8,10-12H,6H2,1-5H3. The van der Waals surface area contributed by atoms with Crippen LogP contribution in [0.1, 0.15) is 20.3 Å². The fraction of sp³-hybridized carbons (Fsp3) is 0.889. The van der Waals surface area contributed by atoms with E-state index in [1.807, 2.05) is 21.1 Å². The summed E-state index contributed by atoms with van der Waals surface area (Å²) in [6.45, 7) is 4.40. The molecule has 0 saturated heterocycles. The van der Waals surface area contributed by atoms with E-state index in [1.165, 1.54) is 6.17 Å². The summed E-state index contributed by atoms with van der Waals surface area (Å²) in [5.74, 6) is 0.546. The molecular formula is C9H22N3. The van der Waals surface area contributed by atoms with Crippen LogP contribution in [0, 0.1) is 12.1 Å². The molecule has 2 atom stereocenters. The van der Waals surface area contributed by atoms with Crippen LogP contribution in [-0.4, -0.2) is 27.2 Å². The number of hydrogen-bond acceptors (Lipinski definition) is 3. The molecule has 0 rings (SSSR count). The summed E-state index contributed by atoms with van der Waals surface area (Å²) in [5, 5.41) is 9.63. The van der Waals surface area contributed by atoms with Crippen LogP contribution in [-0.2, 0) is 0 Å². The van der Waals surface area contributed by atoms with Crippen LogP contribution in [0.2, 0.25) is 0 Å². The molecule has 0 aromatic rings. The van der Waals surface area contributed by atoms with Crippen molar-refractivity contribution in [1.29, 1.82) is 0 Å². The smallest absolute Gasteiger partial charge is 0.105 e. The highest BCUT2D eigenvalue weighted by Gasteiger charge is 2.22. The molecular weight excluding hydrogens is 150 g/mol. The average molecular weight is 172 g/mol. The van der Waals surface area contributed by atoms with Crippen LogP contribution in [0.5, 0.6) is 0 Å². The molecule has 0 saturated carbocycles. The summed E-state index contributed by atoms with van der Waals surface area (Å²) >= 11 is 0. The summed E-state index contributed by atoms with van der Waals surface area (Å²) in [6.07, 6.45) is 2.35. The van der Waals surface area contributed by atoms with Crippen molar-refractivity contribution in [2.24, 2.45) is 5.92 Å². The third-order valence-corrected chi connectivity index (χ3v) is 2.41. The van der Waals surface area contributed by atoms with Crippen molar-refractivity contribution in [3.8, 4) is 0 Å². The normalized spacial score (nSPS) is 16.5. The Balaban J connectivity index is 4.09. The van der Waals surface area contributed by atoms with Gasteiger partial charge in [-0.1, -0.05) is 6.92 Å². The van der Waals surface area contributed by atoms with Gasteiger partial charge in [0.2, 0.25) is 0 Å². The zero-order valence-corrected chi connectivity index (χ0v) is 8.86. The minimum atomic E-state index is 0.505. The van der Waals surface area contributed by atoms with Gasteiger partial charge in [-0.05, 0) is 34.5 Å². The van der Waals surface area contributed by atoms with E-state index in [9.17, 15) is 0 Å². The molecule has 0 bridgehead atoms. The highest BCUT2D eigenvalue weighted by molar-refractivity contribution is 4.93. The predicted octanol–water partition coefficient (Wildman–Crippen LogP) is 0.549. The number of rotatable bonds is 6. The van der Waals surface area contributed by atoms with Gasteiger partial charge in [-0.25, -0.2) is 0 Å². The van der Waals surface area contributed by atoms with Crippen LogP contribution >= 0.6 is 0 Å². The Hall–Kier alpha value is -0.120. The van der Waals surface area contributed by atoms with Crippen molar-refractivity contribution in [2.45, 2.75) is 26.3 Å². The molecule has 0 aromatic carbocycles. The van der Waals surface area contributed by atoms with E-state index in [0.29, 0.717) is 12.0 Å². The quantitative estimate of drug-likeness (QED) is 0.547. The molecule has 0 aliphatic carbocycles. The van der Waals surface area contributed by atoms with Gasteiger partial charge in [0, 0.05) is 12.0 Å². The Morgan fingerprint density at radius 1 is 1.17 bits per heavy atom. The second kappa shape index (κ2) is 6.40. The van der Waals surface area contributed by atoms with Gasteiger partial charge in [-0.15, -0.1) is 0 Å². The fourth-order valence-electron chi connectivity index (χ4n) is 1.50. The molecule has 0 aromatic heterocycles. The Morgan fingerprint density at radius 3 is 1.92 bits per heavy atom. The molecule has 3 N–H and O–H groups in total. The highest BCUT2D eigenvalue weighted by atomic mass is 15.1. The number of nitrogens with one attached hydrogen (secondary N) is 3. The summed E-state index contributed by atoms with van der Waals surface area (Å²) in [5.41, 5.74) is 0. The van der Waals surface area contributed by atoms with Crippen molar-refractivity contribution in [1.82, 2.24) is 16.0 Å². The molecule has 0 aliphatic rings. The van der Waals surface area contributed by atoms with Crippen LogP contribution in [0.15, 0.2) is 0 Å². The lowest BCUT2D eigenvalue weighted by Gasteiger charge is -2.29. The minimum absolute atomic E-state index is 0.505.